The van der Waals surface area contributed by atoms with E-state index in [4.69, 9.17) is 5.73 Å². The SMILES string of the molecule is CC(C)(C)CC(NC(=O)Cn1nnnc1N)c1cccnc1. The fourth-order valence-corrected chi connectivity index (χ4v) is 2.15. The number of carbonyl (C=O) groups excluding carboxylic acids is 1. The highest BCUT2D eigenvalue weighted by Gasteiger charge is 2.22. The summed E-state index contributed by atoms with van der Waals surface area (Å²) in [4.78, 5) is 16.4. The number of aromatic nitrogens is 5. The Morgan fingerprint density at radius 3 is 2.77 bits per heavy atom. The monoisotopic (exact) mass is 303 g/mol. The second kappa shape index (κ2) is 6.50. The molecule has 2 heterocycles. The molecule has 8 heteroatoms. The zero-order valence-corrected chi connectivity index (χ0v) is 13.0. The normalized spacial score (nSPS) is 12.9. The molecule has 0 saturated carbocycles. The number of nitrogen functional groups attached to an aromatic ring is 1. The molecule has 2 aromatic heterocycles. The van der Waals surface area contributed by atoms with E-state index in [1.807, 2.05) is 12.1 Å². The Morgan fingerprint density at radius 1 is 1.45 bits per heavy atom. The number of hydrogen-bond donors (Lipinski definition) is 2. The maximum Gasteiger partial charge on any atom is 0.242 e. The lowest BCUT2D eigenvalue weighted by Gasteiger charge is -2.27. The van der Waals surface area contributed by atoms with Gasteiger partial charge < -0.3 is 11.1 Å². The third-order valence-electron chi connectivity index (χ3n) is 3.09. The first-order valence-electron chi connectivity index (χ1n) is 7.06. The summed E-state index contributed by atoms with van der Waals surface area (Å²) in [6, 6.07) is 3.69. The number of rotatable bonds is 5. The third-order valence-corrected chi connectivity index (χ3v) is 3.09. The van der Waals surface area contributed by atoms with Gasteiger partial charge in [-0.3, -0.25) is 9.78 Å². The molecule has 0 fully saturated rings. The predicted molar refractivity (Wildman–Crippen MR) is 81.4 cm³/mol. The van der Waals surface area contributed by atoms with Gasteiger partial charge in [0.15, 0.2) is 0 Å². The van der Waals surface area contributed by atoms with E-state index >= 15 is 0 Å². The van der Waals surface area contributed by atoms with Crippen molar-refractivity contribution in [2.45, 2.75) is 39.8 Å². The Kier molecular flexibility index (Phi) is 4.69. The van der Waals surface area contributed by atoms with Gasteiger partial charge in [0.2, 0.25) is 11.9 Å². The van der Waals surface area contributed by atoms with Crippen LogP contribution < -0.4 is 11.1 Å². The van der Waals surface area contributed by atoms with Crippen molar-refractivity contribution >= 4 is 11.9 Å². The van der Waals surface area contributed by atoms with Crippen LogP contribution >= 0.6 is 0 Å². The molecule has 22 heavy (non-hydrogen) atoms. The maximum atomic E-state index is 12.2. The largest absolute Gasteiger partial charge is 0.367 e. The number of nitrogens with two attached hydrogens (primary N) is 1. The van der Waals surface area contributed by atoms with Crippen molar-refractivity contribution in [3.63, 3.8) is 0 Å². The van der Waals surface area contributed by atoms with Crippen molar-refractivity contribution in [2.75, 3.05) is 5.73 Å². The van der Waals surface area contributed by atoms with E-state index in [1.54, 1.807) is 12.4 Å². The van der Waals surface area contributed by atoms with Gasteiger partial charge in [0.1, 0.15) is 6.54 Å². The molecule has 1 amide bonds. The Hall–Kier alpha value is -2.51. The Bertz CT molecular complexity index is 618. The highest BCUT2D eigenvalue weighted by atomic mass is 16.2. The summed E-state index contributed by atoms with van der Waals surface area (Å²) in [6.45, 7) is 6.37. The molecule has 0 radical (unpaired) electrons. The van der Waals surface area contributed by atoms with Crippen LogP contribution in [0.5, 0.6) is 0 Å². The maximum absolute atomic E-state index is 12.2. The topological polar surface area (TPSA) is 112 Å². The van der Waals surface area contributed by atoms with Gasteiger partial charge in [0, 0.05) is 12.4 Å². The fraction of sp³-hybridized carbons (Fsp3) is 0.500. The molecular formula is C14H21N7O. The second-order valence-corrected chi connectivity index (χ2v) is 6.37. The van der Waals surface area contributed by atoms with E-state index < -0.39 is 0 Å². The van der Waals surface area contributed by atoms with Gasteiger partial charge in [-0.15, -0.1) is 0 Å². The van der Waals surface area contributed by atoms with Crippen molar-refractivity contribution in [1.29, 1.82) is 0 Å². The summed E-state index contributed by atoms with van der Waals surface area (Å²) in [6.07, 6.45) is 4.26. The number of pyridine rings is 1. The van der Waals surface area contributed by atoms with Crippen LogP contribution in [-0.4, -0.2) is 31.1 Å². The summed E-state index contributed by atoms with van der Waals surface area (Å²) < 4.78 is 1.26. The second-order valence-electron chi connectivity index (χ2n) is 6.37. The van der Waals surface area contributed by atoms with Gasteiger partial charge in [-0.25, -0.2) is 4.68 Å². The predicted octanol–water partition coefficient (Wildman–Crippen LogP) is 0.944. The molecule has 0 aromatic carbocycles. The standard InChI is InChI=1S/C14H21N7O/c1-14(2,3)7-11(10-5-4-6-16-8-10)17-12(22)9-21-13(15)18-19-20-21/h4-6,8,11H,7,9H2,1-3H3,(H,17,22)(H2,15,18,20). The van der Waals surface area contributed by atoms with E-state index in [0.717, 1.165) is 12.0 Å². The molecule has 0 aliphatic rings. The molecule has 0 spiro atoms. The lowest BCUT2D eigenvalue weighted by Crippen LogP contribution is -2.34. The van der Waals surface area contributed by atoms with Crippen LogP contribution in [0.4, 0.5) is 5.95 Å². The number of hydrogen-bond acceptors (Lipinski definition) is 6. The number of carbonyl (C=O) groups is 1. The molecule has 0 saturated heterocycles. The molecule has 1 unspecified atom stereocenters. The minimum Gasteiger partial charge on any atom is -0.367 e. The molecule has 1 atom stereocenters. The van der Waals surface area contributed by atoms with E-state index in [2.05, 4.69) is 46.6 Å². The summed E-state index contributed by atoms with van der Waals surface area (Å²) in [5.74, 6) is -0.0824. The zero-order valence-electron chi connectivity index (χ0n) is 13.0. The van der Waals surface area contributed by atoms with Crippen molar-refractivity contribution in [3.8, 4) is 0 Å². The van der Waals surface area contributed by atoms with Crippen LogP contribution in [0.25, 0.3) is 0 Å². The summed E-state index contributed by atoms with van der Waals surface area (Å²) in [7, 11) is 0. The molecule has 8 nitrogen and oxygen atoms in total. The number of nitrogens with one attached hydrogen (secondary N) is 1. The molecule has 0 aliphatic heterocycles. The van der Waals surface area contributed by atoms with Crippen LogP contribution in [0.2, 0.25) is 0 Å². The van der Waals surface area contributed by atoms with Gasteiger partial charge in [0.05, 0.1) is 6.04 Å². The Balaban J connectivity index is 2.09. The van der Waals surface area contributed by atoms with Gasteiger partial charge in [-0.2, -0.15) is 0 Å². The first-order chi connectivity index (χ1) is 10.3. The zero-order chi connectivity index (χ0) is 16.2. The molecular weight excluding hydrogens is 282 g/mol. The summed E-state index contributed by atoms with van der Waals surface area (Å²) in [5.41, 5.74) is 6.59. The van der Waals surface area contributed by atoms with E-state index in [-0.39, 0.29) is 29.9 Å². The first kappa shape index (κ1) is 15.9. The Morgan fingerprint density at radius 2 is 2.23 bits per heavy atom. The van der Waals surface area contributed by atoms with Crippen LogP contribution in [0.1, 0.15) is 38.8 Å². The van der Waals surface area contributed by atoms with E-state index in [1.165, 1.54) is 4.68 Å². The molecule has 118 valence electrons. The number of anilines is 1. The summed E-state index contributed by atoms with van der Waals surface area (Å²) in [5, 5.41) is 13.6. The highest BCUT2D eigenvalue weighted by molar-refractivity contribution is 5.76. The fourth-order valence-electron chi connectivity index (χ4n) is 2.15. The minimum absolute atomic E-state index is 0.0141. The molecule has 0 aliphatic carbocycles. The van der Waals surface area contributed by atoms with Crippen molar-refractivity contribution < 1.29 is 4.79 Å². The smallest absolute Gasteiger partial charge is 0.242 e. The average molecular weight is 303 g/mol. The third kappa shape index (κ3) is 4.51. The molecule has 2 aromatic rings. The van der Waals surface area contributed by atoms with E-state index in [0.29, 0.717) is 0 Å². The number of nitrogens with zero attached hydrogens (tertiary/aromatic N) is 5. The van der Waals surface area contributed by atoms with E-state index in [9.17, 15) is 4.79 Å². The van der Waals surface area contributed by atoms with Crippen molar-refractivity contribution in [1.82, 2.24) is 30.5 Å². The van der Waals surface area contributed by atoms with Gasteiger partial charge in [-0.05, 0) is 33.9 Å². The molecule has 0 bridgehead atoms. The highest BCUT2D eigenvalue weighted by Crippen LogP contribution is 2.29. The Labute approximate surface area is 129 Å². The van der Waals surface area contributed by atoms with Crippen LogP contribution in [0, 0.1) is 5.41 Å². The van der Waals surface area contributed by atoms with Gasteiger partial charge in [-0.1, -0.05) is 31.9 Å². The number of tetrazole rings is 1. The van der Waals surface area contributed by atoms with Crippen molar-refractivity contribution in [2.24, 2.45) is 5.41 Å². The van der Waals surface area contributed by atoms with Crippen molar-refractivity contribution in [3.05, 3.63) is 30.1 Å². The lowest BCUT2D eigenvalue weighted by molar-refractivity contribution is -0.122. The first-order valence-corrected chi connectivity index (χ1v) is 7.06. The van der Waals surface area contributed by atoms with Gasteiger partial charge >= 0.3 is 0 Å². The summed E-state index contributed by atoms with van der Waals surface area (Å²) >= 11 is 0. The minimum atomic E-state index is -0.197. The number of amides is 1. The van der Waals surface area contributed by atoms with Crippen LogP contribution in [0.15, 0.2) is 24.5 Å². The quantitative estimate of drug-likeness (QED) is 0.850. The lowest BCUT2D eigenvalue weighted by atomic mass is 9.86. The average Bonchev–Trinajstić information content (AvgIpc) is 2.83. The van der Waals surface area contributed by atoms with Gasteiger partial charge in [0.25, 0.3) is 0 Å². The van der Waals surface area contributed by atoms with Crippen LogP contribution in [0.3, 0.4) is 0 Å². The molecule has 3 N–H and O–H groups in total. The molecule has 2 rings (SSSR count). The van der Waals surface area contributed by atoms with Crippen LogP contribution in [-0.2, 0) is 11.3 Å².